The summed E-state index contributed by atoms with van der Waals surface area (Å²) in [6.45, 7) is 1.66. The van der Waals surface area contributed by atoms with E-state index >= 15 is 0 Å². The summed E-state index contributed by atoms with van der Waals surface area (Å²) >= 11 is 1.23. The van der Waals surface area contributed by atoms with Crippen molar-refractivity contribution in [3.05, 3.63) is 41.3 Å². The lowest BCUT2D eigenvalue weighted by atomic mass is 10.1. The summed E-state index contributed by atoms with van der Waals surface area (Å²) in [7, 11) is 0. The van der Waals surface area contributed by atoms with Gasteiger partial charge in [-0.2, -0.15) is 27.4 Å². The largest absolute Gasteiger partial charge is 0.501 e. The maximum atomic E-state index is 13.1. The molecule has 0 bridgehead atoms. The summed E-state index contributed by atoms with van der Waals surface area (Å²) < 4.78 is 40.6. The number of unbranched alkanes of at least 4 members (excludes halogenated alkanes) is 1. The number of alkyl halides is 3. The van der Waals surface area contributed by atoms with Gasteiger partial charge in [0.2, 0.25) is 0 Å². The number of imide groups is 1. The number of para-hydroxylation sites is 1. The zero-order valence-corrected chi connectivity index (χ0v) is 16.3. The second-order valence-electron chi connectivity index (χ2n) is 6.55. The molecule has 1 atom stereocenters. The summed E-state index contributed by atoms with van der Waals surface area (Å²) in [5, 5.41) is 3.27. The highest BCUT2D eigenvalue weighted by atomic mass is 32.2. The number of hydrogen-bond acceptors (Lipinski definition) is 4. The van der Waals surface area contributed by atoms with Crippen LogP contribution in [0.2, 0.25) is 0 Å². The molecule has 0 saturated heterocycles. The SMILES string of the molecule is CCCCN1C(=O)C2SC=CC2=[N+](CC(=O)Nc2ccccc2C(F)(F)F)C1=O. The van der Waals surface area contributed by atoms with E-state index in [0.29, 0.717) is 12.1 Å². The number of nitrogens with one attached hydrogen (secondary N) is 1. The zero-order valence-electron chi connectivity index (χ0n) is 15.5. The molecule has 0 saturated carbocycles. The number of allylic oxidation sites excluding steroid dienone is 1. The molecule has 2 aliphatic rings. The van der Waals surface area contributed by atoms with Gasteiger partial charge in [0.1, 0.15) is 5.71 Å². The average molecular weight is 426 g/mol. The number of benzene rings is 1. The van der Waals surface area contributed by atoms with E-state index in [4.69, 9.17) is 0 Å². The number of rotatable bonds is 6. The molecule has 0 aromatic heterocycles. The summed E-state index contributed by atoms with van der Waals surface area (Å²) in [6, 6.07) is 3.99. The third-order valence-electron chi connectivity index (χ3n) is 4.53. The topological polar surface area (TPSA) is 69.5 Å². The number of anilines is 1. The molecule has 4 amide bonds. The van der Waals surface area contributed by atoms with Crippen molar-refractivity contribution in [3.8, 4) is 0 Å². The zero-order chi connectivity index (χ0) is 21.2. The second-order valence-corrected chi connectivity index (χ2v) is 7.56. The van der Waals surface area contributed by atoms with E-state index in [1.165, 1.54) is 23.9 Å². The van der Waals surface area contributed by atoms with Crippen LogP contribution in [-0.2, 0) is 15.8 Å². The predicted octanol–water partition coefficient (Wildman–Crippen LogP) is 3.49. The highest BCUT2D eigenvalue weighted by Gasteiger charge is 2.49. The van der Waals surface area contributed by atoms with E-state index in [-0.39, 0.29) is 18.1 Å². The molecule has 10 heteroatoms. The molecule has 6 nitrogen and oxygen atoms in total. The minimum absolute atomic E-state index is 0.230. The molecule has 1 N–H and O–H groups in total. The first-order chi connectivity index (χ1) is 13.7. The first-order valence-corrected chi connectivity index (χ1v) is 9.96. The van der Waals surface area contributed by atoms with Gasteiger partial charge in [0.15, 0.2) is 11.8 Å². The van der Waals surface area contributed by atoms with E-state index in [1.807, 2.05) is 6.92 Å². The van der Waals surface area contributed by atoms with Crippen LogP contribution in [0.1, 0.15) is 25.3 Å². The second kappa shape index (κ2) is 8.40. The van der Waals surface area contributed by atoms with Gasteiger partial charge in [0, 0.05) is 0 Å². The Labute approximate surface area is 169 Å². The predicted molar refractivity (Wildman–Crippen MR) is 103 cm³/mol. The van der Waals surface area contributed by atoms with E-state index in [9.17, 15) is 27.6 Å². The quantitative estimate of drug-likeness (QED) is 0.707. The summed E-state index contributed by atoms with van der Waals surface area (Å²) in [5.41, 5.74) is -0.983. The van der Waals surface area contributed by atoms with Crippen molar-refractivity contribution in [2.24, 2.45) is 0 Å². The van der Waals surface area contributed by atoms with Crippen molar-refractivity contribution in [2.45, 2.75) is 31.2 Å². The molecule has 1 unspecified atom stereocenters. The van der Waals surface area contributed by atoms with Crippen LogP contribution in [0.25, 0.3) is 0 Å². The molecule has 29 heavy (non-hydrogen) atoms. The Bertz CT molecular complexity index is 911. The van der Waals surface area contributed by atoms with E-state index < -0.39 is 35.5 Å². The Morgan fingerprint density at radius 3 is 2.69 bits per heavy atom. The number of carbonyl (C=O) groups excluding carboxylic acids is 3. The van der Waals surface area contributed by atoms with Gasteiger partial charge in [-0.3, -0.25) is 4.79 Å². The summed E-state index contributed by atoms with van der Waals surface area (Å²) in [4.78, 5) is 39.0. The lowest BCUT2D eigenvalue weighted by Gasteiger charge is -2.24. The number of amides is 4. The van der Waals surface area contributed by atoms with Gasteiger partial charge in [-0.05, 0) is 30.0 Å². The fourth-order valence-electron chi connectivity index (χ4n) is 3.11. The average Bonchev–Trinajstić information content (AvgIpc) is 3.15. The molecule has 1 aromatic carbocycles. The van der Waals surface area contributed by atoms with Crippen molar-refractivity contribution < 1.29 is 32.1 Å². The van der Waals surface area contributed by atoms with Gasteiger partial charge in [-0.1, -0.05) is 25.5 Å². The standard InChI is InChI=1S/C19H18F3N3O3S/c1-2-3-9-24-17(27)16-14(8-10-29-16)25(18(24)28)11-15(26)23-13-7-5-4-6-12(13)19(20,21)22/h4-8,10,16H,2-3,9,11H2,1H3/p+1. The number of halogens is 3. The number of nitrogens with zero attached hydrogens (tertiary/aromatic N) is 2. The van der Waals surface area contributed by atoms with Gasteiger partial charge in [0.25, 0.3) is 5.91 Å². The molecule has 2 heterocycles. The summed E-state index contributed by atoms with van der Waals surface area (Å²) in [6.07, 6.45) is -1.65. The van der Waals surface area contributed by atoms with Gasteiger partial charge in [-0.25, -0.2) is 4.79 Å². The lowest BCUT2D eigenvalue weighted by molar-refractivity contribution is -0.425. The molecule has 0 spiro atoms. The molecule has 0 aliphatic carbocycles. The third kappa shape index (κ3) is 4.36. The van der Waals surface area contributed by atoms with Gasteiger partial charge >= 0.3 is 18.1 Å². The Balaban J connectivity index is 1.84. The van der Waals surface area contributed by atoms with Gasteiger partial charge < -0.3 is 5.32 Å². The Morgan fingerprint density at radius 2 is 2.00 bits per heavy atom. The van der Waals surface area contributed by atoms with Crippen LogP contribution in [-0.4, -0.2) is 51.4 Å². The minimum atomic E-state index is -4.63. The van der Waals surface area contributed by atoms with Crippen LogP contribution in [0.15, 0.2) is 35.7 Å². The molecule has 0 fully saturated rings. The molecule has 1 aromatic rings. The molecule has 2 aliphatic heterocycles. The minimum Gasteiger partial charge on any atom is -0.322 e. The van der Waals surface area contributed by atoms with Crippen molar-refractivity contribution in [1.82, 2.24) is 4.90 Å². The van der Waals surface area contributed by atoms with Crippen LogP contribution in [0, 0.1) is 0 Å². The fraction of sp³-hybridized carbons (Fsp3) is 0.368. The van der Waals surface area contributed by atoms with E-state index in [2.05, 4.69) is 5.32 Å². The Kier molecular flexibility index (Phi) is 6.11. The van der Waals surface area contributed by atoms with Crippen molar-refractivity contribution in [1.29, 1.82) is 0 Å². The van der Waals surface area contributed by atoms with Crippen molar-refractivity contribution >= 4 is 41.0 Å². The normalized spacial score (nSPS) is 19.0. The van der Waals surface area contributed by atoms with Crippen LogP contribution >= 0.6 is 11.8 Å². The lowest BCUT2D eigenvalue weighted by Crippen LogP contribution is -2.56. The maximum Gasteiger partial charge on any atom is 0.501 e. The molecule has 0 radical (unpaired) electrons. The Hall–Kier alpha value is -2.62. The van der Waals surface area contributed by atoms with Crippen molar-refractivity contribution in [3.63, 3.8) is 0 Å². The third-order valence-corrected chi connectivity index (χ3v) is 5.54. The fourth-order valence-corrected chi connectivity index (χ4v) is 4.07. The highest BCUT2D eigenvalue weighted by Crippen LogP contribution is 2.34. The van der Waals surface area contributed by atoms with Crippen LogP contribution in [0.5, 0.6) is 0 Å². The number of urea groups is 1. The van der Waals surface area contributed by atoms with Crippen LogP contribution in [0.3, 0.4) is 0 Å². The van der Waals surface area contributed by atoms with Crippen LogP contribution in [0.4, 0.5) is 23.7 Å². The number of hydrogen-bond donors (Lipinski definition) is 1. The molecular formula is C19H19F3N3O3S+. The summed E-state index contributed by atoms with van der Waals surface area (Å²) in [5.74, 6) is -1.12. The van der Waals surface area contributed by atoms with Crippen molar-refractivity contribution in [2.75, 3.05) is 18.4 Å². The van der Waals surface area contributed by atoms with E-state index in [0.717, 1.165) is 28.0 Å². The smallest absolute Gasteiger partial charge is 0.322 e. The molecular weight excluding hydrogens is 407 g/mol. The first-order valence-electron chi connectivity index (χ1n) is 9.01. The number of carbonyl (C=O) groups is 3. The maximum absolute atomic E-state index is 13.1. The molecule has 154 valence electrons. The van der Waals surface area contributed by atoms with Crippen LogP contribution < -0.4 is 5.32 Å². The first kappa shape index (κ1) is 21.1. The van der Waals surface area contributed by atoms with Gasteiger partial charge in [0.05, 0.1) is 17.8 Å². The molecule has 3 rings (SSSR count). The number of thioether (sulfide) groups is 1. The highest BCUT2D eigenvalue weighted by molar-refractivity contribution is 8.04. The number of fused-ring (bicyclic) bond motifs is 1. The Morgan fingerprint density at radius 1 is 1.28 bits per heavy atom. The van der Waals surface area contributed by atoms with Gasteiger partial charge in [-0.15, -0.1) is 11.8 Å². The van der Waals surface area contributed by atoms with E-state index in [1.54, 1.807) is 11.5 Å². The monoisotopic (exact) mass is 426 g/mol.